The second kappa shape index (κ2) is 8.80. The molecule has 1 aromatic rings. The number of carbonyl (C=O) groups is 1. The minimum absolute atomic E-state index is 0.156. The van der Waals surface area contributed by atoms with E-state index in [9.17, 15) is 9.90 Å². The number of nitrogens with one attached hydrogen (secondary N) is 1. The fourth-order valence-corrected chi connectivity index (χ4v) is 2.20. The standard InChI is InChI=1S/C17H27NO3/c1-5-10-18-15(11-16(19)21-4)17(20)14-8-6-13(7-9-14)12(2)3/h6-9,12,15,17-18,20H,5,10-11H2,1-4H3. The van der Waals surface area contributed by atoms with Crippen LogP contribution in [-0.2, 0) is 9.53 Å². The van der Waals surface area contributed by atoms with E-state index in [1.54, 1.807) is 0 Å². The number of hydrogen-bond acceptors (Lipinski definition) is 4. The number of carbonyl (C=O) groups excluding carboxylic acids is 1. The molecule has 0 aliphatic heterocycles. The number of ether oxygens (including phenoxy) is 1. The smallest absolute Gasteiger partial charge is 0.307 e. The minimum Gasteiger partial charge on any atom is -0.469 e. The van der Waals surface area contributed by atoms with E-state index in [2.05, 4.69) is 19.2 Å². The topological polar surface area (TPSA) is 58.6 Å². The number of methoxy groups -OCH3 is 1. The fourth-order valence-electron chi connectivity index (χ4n) is 2.20. The predicted octanol–water partition coefficient (Wildman–Crippen LogP) is 2.77. The lowest BCUT2D eigenvalue weighted by atomic mass is 9.96. The zero-order valence-corrected chi connectivity index (χ0v) is 13.4. The van der Waals surface area contributed by atoms with Gasteiger partial charge >= 0.3 is 5.97 Å². The number of esters is 1. The van der Waals surface area contributed by atoms with Crippen LogP contribution in [0.4, 0.5) is 0 Å². The Morgan fingerprint density at radius 1 is 1.24 bits per heavy atom. The Morgan fingerprint density at radius 3 is 2.29 bits per heavy atom. The van der Waals surface area contributed by atoms with E-state index in [-0.39, 0.29) is 18.4 Å². The van der Waals surface area contributed by atoms with Crippen molar-refractivity contribution in [3.63, 3.8) is 0 Å². The molecule has 0 fully saturated rings. The summed E-state index contributed by atoms with van der Waals surface area (Å²) in [7, 11) is 1.36. The minimum atomic E-state index is -0.725. The molecular weight excluding hydrogens is 266 g/mol. The molecule has 4 nitrogen and oxygen atoms in total. The zero-order valence-electron chi connectivity index (χ0n) is 13.4. The maximum absolute atomic E-state index is 11.5. The lowest BCUT2D eigenvalue weighted by molar-refractivity contribution is -0.142. The van der Waals surface area contributed by atoms with Crippen LogP contribution in [0.5, 0.6) is 0 Å². The maximum atomic E-state index is 11.5. The summed E-state index contributed by atoms with van der Waals surface area (Å²) in [6.45, 7) is 7.07. The summed E-state index contributed by atoms with van der Waals surface area (Å²) in [5, 5.41) is 13.7. The van der Waals surface area contributed by atoms with E-state index in [0.29, 0.717) is 5.92 Å². The van der Waals surface area contributed by atoms with Gasteiger partial charge in [0, 0.05) is 6.04 Å². The Balaban J connectivity index is 2.82. The molecule has 1 aromatic carbocycles. The van der Waals surface area contributed by atoms with Gasteiger partial charge < -0.3 is 15.2 Å². The van der Waals surface area contributed by atoms with Gasteiger partial charge in [-0.25, -0.2) is 0 Å². The average Bonchev–Trinajstić information content (AvgIpc) is 2.50. The van der Waals surface area contributed by atoms with Crippen molar-refractivity contribution in [1.82, 2.24) is 5.32 Å². The van der Waals surface area contributed by atoms with Crippen molar-refractivity contribution in [2.75, 3.05) is 13.7 Å². The molecular formula is C17H27NO3. The van der Waals surface area contributed by atoms with Gasteiger partial charge in [-0.05, 0) is 30.0 Å². The molecule has 1 rings (SSSR count). The van der Waals surface area contributed by atoms with Gasteiger partial charge in [0.15, 0.2) is 0 Å². The van der Waals surface area contributed by atoms with E-state index in [1.807, 2.05) is 31.2 Å². The summed E-state index contributed by atoms with van der Waals surface area (Å²) < 4.78 is 4.71. The number of aliphatic hydroxyl groups excluding tert-OH is 1. The maximum Gasteiger partial charge on any atom is 0.307 e. The summed E-state index contributed by atoms with van der Waals surface area (Å²) in [6.07, 6.45) is 0.372. The van der Waals surface area contributed by atoms with Gasteiger partial charge in [-0.2, -0.15) is 0 Å². The SMILES string of the molecule is CCCNC(CC(=O)OC)C(O)c1ccc(C(C)C)cc1. The van der Waals surface area contributed by atoms with Gasteiger partial charge in [0.1, 0.15) is 0 Å². The van der Waals surface area contributed by atoms with Crippen LogP contribution in [0.25, 0.3) is 0 Å². The summed E-state index contributed by atoms with van der Waals surface area (Å²) >= 11 is 0. The Bertz CT molecular complexity index is 428. The Morgan fingerprint density at radius 2 is 1.81 bits per heavy atom. The first kappa shape index (κ1) is 17.7. The summed E-state index contributed by atoms with van der Waals surface area (Å²) in [5.74, 6) is 0.140. The molecule has 0 aromatic heterocycles. The molecule has 0 aliphatic carbocycles. The quantitative estimate of drug-likeness (QED) is 0.724. The van der Waals surface area contributed by atoms with Crippen molar-refractivity contribution >= 4 is 5.97 Å². The monoisotopic (exact) mass is 293 g/mol. The lowest BCUT2D eigenvalue weighted by Gasteiger charge is -2.24. The Hall–Kier alpha value is -1.39. The zero-order chi connectivity index (χ0) is 15.8. The third-order valence-corrected chi connectivity index (χ3v) is 3.60. The van der Waals surface area contributed by atoms with Gasteiger partial charge in [0.05, 0.1) is 19.6 Å². The molecule has 0 bridgehead atoms. The molecule has 2 atom stereocenters. The second-order valence-corrected chi connectivity index (χ2v) is 5.61. The van der Waals surface area contributed by atoms with Crippen molar-refractivity contribution in [1.29, 1.82) is 0 Å². The summed E-state index contributed by atoms with van der Waals surface area (Å²) in [6, 6.07) is 7.58. The number of rotatable bonds is 8. The number of hydrogen-bond donors (Lipinski definition) is 2. The first-order valence-electron chi connectivity index (χ1n) is 7.57. The van der Waals surface area contributed by atoms with Crippen molar-refractivity contribution in [2.45, 2.75) is 51.7 Å². The molecule has 0 aliphatic rings. The van der Waals surface area contributed by atoms with Gasteiger partial charge in [-0.3, -0.25) is 4.79 Å². The fraction of sp³-hybridized carbons (Fsp3) is 0.588. The highest BCUT2D eigenvalue weighted by Crippen LogP contribution is 2.22. The summed E-state index contributed by atoms with van der Waals surface area (Å²) in [4.78, 5) is 11.5. The molecule has 0 amide bonds. The summed E-state index contributed by atoms with van der Waals surface area (Å²) in [5.41, 5.74) is 2.05. The van der Waals surface area contributed by atoms with Crippen LogP contribution in [-0.4, -0.2) is 30.8 Å². The number of benzene rings is 1. The Kier molecular flexibility index (Phi) is 7.40. The van der Waals surface area contributed by atoms with Crippen LogP contribution in [0.1, 0.15) is 56.8 Å². The van der Waals surface area contributed by atoms with E-state index < -0.39 is 6.10 Å². The van der Waals surface area contributed by atoms with Crippen LogP contribution >= 0.6 is 0 Å². The van der Waals surface area contributed by atoms with E-state index in [4.69, 9.17) is 4.74 Å². The van der Waals surface area contributed by atoms with Crippen molar-refractivity contribution in [3.8, 4) is 0 Å². The first-order valence-corrected chi connectivity index (χ1v) is 7.57. The molecule has 0 saturated heterocycles. The van der Waals surface area contributed by atoms with Gasteiger partial charge in [0.25, 0.3) is 0 Å². The molecule has 2 unspecified atom stereocenters. The van der Waals surface area contributed by atoms with Crippen LogP contribution in [0.2, 0.25) is 0 Å². The van der Waals surface area contributed by atoms with Crippen LogP contribution in [0.15, 0.2) is 24.3 Å². The molecule has 0 saturated carbocycles. The highest BCUT2D eigenvalue weighted by Gasteiger charge is 2.23. The average molecular weight is 293 g/mol. The van der Waals surface area contributed by atoms with Gasteiger partial charge in [0.2, 0.25) is 0 Å². The van der Waals surface area contributed by atoms with Crippen molar-refractivity contribution in [3.05, 3.63) is 35.4 Å². The molecule has 21 heavy (non-hydrogen) atoms. The predicted molar refractivity (Wildman–Crippen MR) is 84.2 cm³/mol. The first-order chi connectivity index (χ1) is 9.99. The third-order valence-electron chi connectivity index (χ3n) is 3.60. The van der Waals surface area contributed by atoms with Crippen molar-refractivity contribution < 1.29 is 14.6 Å². The molecule has 4 heteroatoms. The van der Waals surface area contributed by atoms with Crippen LogP contribution in [0.3, 0.4) is 0 Å². The normalized spacial score (nSPS) is 14.0. The van der Waals surface area contributed by atoms with Crippen molar-refractivity contribution in [2.24, 2.45) is 0 Å². The van der Waals surface area contributed by atoms with Gasteiger partial charge in [-0.15, -0.1) is 0 Å². The van der Waals surface area contributed by atoms with Gasteiger partial charge in [-0.1, -0.05) is 45.0 Å². The second-order valence-electron chi connectivity index (χ2n) is 5.61. The third kappa shape index (κ3) is 5.48. The molecule has 2 N–H and O–H groups in total. The highest BCUT2D eigenvalue weighted by molar-refractivity contribution is 5.70. The largest absolute Gasteiger partial charge is 0.469 e. The molecule has 118 valence electrons. The molecule has 0 radical (unpaired) electrons. The lowest BCUT2D eigenvalue weighted by Crippen LogP contribution is -2.37. The molecule has 0 spiro atoms. The van der Waals surface area contributed by atoms with E-state index in [0.717, 1.165) is 18.5 Å². The highest BCUT2D eigenvalue weighted by atomic mass is 16.5. The van der Waals surface area contributed by atoms with E-state index >= 15 is 0 Å². The Labute approximate surface area is 127 Å². The van der Waals surface area contributed by atoms with E-state index in [1.165, 1.54) is 12.7 Å². The van der Waals surface area contributed by atoms with Crippen LogP contribution < -0.4 is 5.32 Å². The molecule has 0 heterocycles. The number of aliphatic hydroxyl groups is 1. The van der Waals surface area contributed by atoms with Crippen LogP contribution in [0, 0.1) is 0 Å².